The van der Waals surface area contributed by atoms with Crippen molar-refractivity contribution in [3.8, 4) is 6.07 Å². The molecule has 3 nitrogen and oxygen atoms in total. The van der Waals surface area contributed by atoms with Crippen molar-refractivity contribution in [2.45, 2.75) is 31.1 Å². The number of hydrogen-bond donors (Lipinski definition) is 1. The zero-order chi connectivity index (χ0) is 12.5. The fraction of sp³-hybridized carbons (Fsp3) is 0.385. The fourth-order valence-electron chi connectivity index (χ4n) is 1.33. The lowest BCUT2D eigenvalue weighted by molar-refractivity contribution is -0.114. The number of hydrogen-bond acceptors (Lipinski definition) is 3. The van der Waals surface area contributed by atoms with Gasteiger partial charge in [-0.2, -0.15) is 5.26 Å². The van der Waals surface area contributed by atoms with Gasteiger partial charge in [0, 0.05) is 23.9 Å². The van der Waals surface area contributed by atoms with Gasteiger partial charge in [-0.25, -0.2) is 0 Å². The first-order chi connectivity index (χ1) is 8.22. The molecule has 4 heteroatoms. The van der Waals surface area contributed by atoms with Gasteiger partial charge in [0.15, 0.2) is 0 Å². The maximum absolute atomic E-state index is 10.8. The summed E-state index contributed by atoms with van der Waals surface area (Å²) < 4.78 is 0. The maximum atomic E-state index is 10.8. The van der Waals surface area contributed by atoms with Crippen LogP contribution in [0.4, 0.5) is 5.69 Å². The van der Waals surface area contributed by atoms with E-state index in [0.29, 0.717) is 6.42 Å². The minimum atomic E-state index is -0.0538. The van der Waals surface area contributed by atoms with E-state index in [1.54, 1.807) is 11.8 Å². The summed E-state index contributed by atoms with van der Waals surface area (Å²) in [6.45, 7) is 1.50. The number of benzene rings is 1. The van der Waals surface area contributed by atoms with E-state index in [1.165, 1.54) is 11.8 Å². The Morgan fingerprint density at radius 2 is 2.06 bits per heavy atom. The van der Waals surface area contributed by atoms with Gasteiger partial charge in [-0.1, -0.05) is 0 Å². The molecule has 0 unspecified atom stereocenters. The van der Waals surface area contributed by atoms with Crippen LogP contribution in [0.25, 0.3) is 0 Å². The molecule has 0 aliphatic heterocycles. The normalized spacial score (nSPS) is 9.65. The Labute approximate surface area is 106 Å². The van der Waals surface area contributed by atoms with E-state index >= 15 is 0 Å². The maximum Gasteiger partial charge on any atom is 0.221 e. The molecule has 90 valence electrons. The van der Waals surface area contributed by atoms with Crippen LogP contribution in [-0.2, 0) is 4.79 Å². The molecular formula is C13H16N2OS. The SMILES string of the molecule is CC(=O)Nc1ccc(SCCCCC#N)cc1. The number of anilines is 1. The average molecular weight is 248 g/mol. The van der Waals surface area contributed by atoms with Crippen molar-refractivity contribution in [2.75, 3.05) is 11.1 Å². The second-order valence-electron chi connectivity index (χ2n) is 3.67. The molecule has 1 aromatic carbocycles. The molecule has 0 spiro atoms. The summed E-state index contributed by atoms with van der Waals surface area (Å²) in [7, 11) is 0. The Morgan fingerprint density at radius 3 is 2.65 bits per heavy atom. The van der Waals surface area contributed by atoms with Gasteiger partial charge in [0.2, 0.25) is 5.91 Å². The van der Waals surface area contributed by atoms with Crippen molar-refractivity contribution < 1.29 is 4.79 Å². The third-order valence-electron chi connectivity index (χ3n) is 2.13. The Bertz CT molecular complexity index is 395. The Hall–Kier alpha value is -1.47. The molecule has 0 aliphatic carbocycles. The Morgan fingerprint density at radius 1 is 1.35 bits per heavy atom. The molecular weight excluding hydrogens is 232 g/mol. The van der Waals surface area contributed by atoms with Crippen LogP contribution < -0.4 is 5.32 Å². The molecule has 1 amide bonds. The lowest BCUT2D eigenvalue weighted by atomic mass is 10.3. The van der Waals surface area contributed by atoms with Crippen LogP contribution in [0.5, 0.6) is 0 Å². The molecule has 0 atom stereocenters. The summed E-state index contributed by atoms with van der Waals surface area (Å²) in [6, 6.07) is 9.95. The van der Waals surface area contributed by atoms with E-state index in [-0.39, 0.29) is 5.91 Å². The van der Waals surface area contributed by atoms with Crippen LogP contribution in [0.15, 0.2) is 29.2 Å². The van der Waals surface area contributed by atoms with Crippen molar-refractivity contribution >= 4 is 23.4 Å². The zero-order valence-corrected chi connectivity index (χ0v) is 10.7. The molecule has 0 bridgehead atoms. The number of carbonyl (C=O) groups excluding carboxylic acids is 1. The highest BCUT2D eigenvalue weighted by atomic mass is 32.2. The number of nitrogens with zero attached hydrogens (tertiary/aromatic N) is 1. The van der Waals surface area contributed by atoms with Crippen LogP contribution in [-0.4, -0.2) is 11.7 Å². The van der Waals surface area contributed by atoms with Crippen molar-refractivity contribution in [1.82, 2.24) is 0 Å². The first-order valence-electron chi connectivity index (χ1n) is 5.60. The van der Waals surface area contributed by atoms with E-state index in [2.05, 4.69) is 11.4 Å². The average Bonchev–Trinajstić information content (AvgIpc) is 2.30. The van der Waals surface area contributed by atoms with Crippen LogP contribution in [0.1, 0.15) is 26.2 Å². The monoisotopic (exact) mass is 248 g/mol. The van der Waals surface area contributed by atoms with Gasteiger partial charge in [-0.3, -0.25) is 4.79 Å². The van der Waals surface area contributed by atoms with Gasteiger partial charge in [-0.05, 0) is 42.9 Å². The van der Waals surface area contributed by atoms with Crippen molar-refractivity contribution in [1.29, 1.82) is 5.26 Å². The molecule has 0 fully saturated rings. The summed E-state index contributed by atoms with van der Waals surface area (Å²) in [5.74, 6) is 0.975. The highest BCUT2D eigenvalue weighted by Crippen LogP contribution is 2.21. The van der Waals surface area contributed by atoms with Gasteiger partial charge in [0.1, 0.15) is 0 Å². The first-order valence-corrected chi connectivity index (χ1v) is 6.58. The molecule has 0 saturated heterocycles. The molecule has 1 N–H and O–H groups in total. The largest absolute Gasteiger partial charge is 0.326 e. The second kappa shape index (κ2) is 7.75. The number of amides is 1. The third kappa shape index (κ3) is 5.98. The van der Waals surface area contributed by atoms with Gasteiger partial charge in [-0.15, -0.1) is 11.8 Å². The zero-order valence-electron chi connectivity index (χ0n) is 9.90. The topological polar surface area (TPSA) is 52.9 Å². The third-order valence-corrected chi connectivity index (χ3v) is 3.22. The number of nitrogens with one attached hydrogen (secondary N) is 1. The van der Waals surface area contributed by atoms with E-state index in [0.717, 1.165) is 24.3 Å². The van der Waals surface area contributed by atoms with Gasteiger partial charge >= 0.3 is 0 Å². The molecule has 1 aromatic rings. The quantitative estimate of drug-likeness (QED) is 0.620. The smallest absolute Gasteiger partial charge is 0.221 e. The number of thioether (sulfide) groups is 1. The molecule has 0 aliphatic rings. The molecule has 0 aromatic heterocycles. The molecule has 17 heavy (non-hydrogen) atoms. The van der Waals surface area contributed by atoms with Crippen molar-refractivity contribution in [3.63, 3.8) is 0 Å². The van der Waals surface area contributed by atoms with Crippen LogP contribution in [0.3, 0.4) is 0 Å². The van der Waals surface area contributed by atoms with Crippen molar-refractivity contribution in [2.24, 2.45) is 0 Å². The Balaban J connectivity index is 2.30. The summed E-state index contributed by atoms with van der Waals surface area (Å²) in [5, 5.41) is 11.1. The Kier molecular flexibility index (Phi) is 6.19. The van der Waals surface area contributed by atoms with E-state index < -0.39 is 0 Å². The van der Waals surface area contributed by atoms with E-state index in [1.807, 2.05) is 24.3 Å². The first kappa shape index (κ1) is 13.6. The van der Waals surface area contributed by atoms with Crippen LogP contribution in [0.2, 0.25) is 0 Å². The number of carbonyl (C=O) groups is 1. The van der Waals surface area contributed by atoms with Gasteiger partial charge < -0.3 is 5.32 Å². The van der Waals surface area contributed by atoms with Crippen molar-refractivity contribution in [3.05, 3.63) is 24.3 Å². The minimum absolute atomic E-state index is 0.0538. The predicted molar refractivity (Wildman–Crippen MR) is 70.9 cm³/mol. The van der Waals surface area contributed by atoms with E-state index in [9.17, 15) is 4.79 Å². The summed E-state index contributed by atoms with van der Waals surface area (Å²) in [5.41, 5.74) is 0.825. The lowest BCUT2D eigenvalue weighted by Gasteiger charge is -2.04. The van der Waals surface area contributed by atoms with E-state index in [4.69, 9.17) is 5.26 Å². The number of nitriles is 1. The minimum Gasteiger partial charge on any atom is -0.326 e. The fourth-order valence-corrected chi connectivity index (χ4v) is 2.25. The number of unbranched alkanes of at least 4 members (excludes halogenated alkanes) is 2. The highest BCUT2D eigenvalue weighted by Gasteiger charge is 1.97. The van der Waals surface area contributed by atoms with Gasteiger partial charge in [0.25, 0.3) is 0 Å². The standard InChI is InChI=1S/C13H16N2OS/c1-11(16)15-12-5-7-13(8-6-12)17-10-4-2-3-9-14/h5-8H,2-4,10H2,1H3,(H,15,16). The summed E-state index contributed by atoms with van der Waals surface area (Å²) >= 11 is 1.78. The lowest BCUT2D eigenvalue weighted by Crippen LogP contribution is -2.05. The number of rotatable bonds is 6. The molecule has 0 saturated carbocycles. The summed E-state index contributed by atoms with van der Waals surface area (Å²) in [4.78, 5) is 12.0. The molecule has 0 radical (unpaired) electrons. The predicted octanol–water partition coefficient (Wildman–Crippen LogP) is 3.43. The van der Waals surface area contributed by atoms with Crippen LogP contribution >= 0.6 is 11.8 Å². The molecule has 0 heterocycles. The second-order valence-corrected chi connectivity index (χ2v) is 4.84. The summed E-state index contributed by atoms with van der Waals surface area (Å²) in [6.07, 6.45) is 2.67. The highest BCUT2D eigenvalue weighted by molar-refractivity contribution is 7.99. The van der Waals surface area contributed by atoms with Crippen LogP contribution in [0, 0.1) is 11.3 Å². The molecule has 1 rings (SSSR count). The van der Waals surface area contributed by atoms with Gasteiger partial charge in [0.05, 0.1) is 6.07 Å².